The van der Waals surface area contributed by atoms with Gasteiger partial charge in [-0.2, -0.15) is 0 Å². The Kier molecular flexibility index (Phi) is 5.65. The van der Waals surface area contributed by atoms with Gasteiger partial charge in [0.1, 0.15) is 0 Å². The molecule has 1 aliphatic carbocycles. The first kappa shape index (κ1) is 13.0. The Labute approximate surface area is 101 Å². The van der Waals surface area contributed by atoms with Gasteiger partial charge in [-0.1, -0.05) is 36.2 Å². The third-order valence-electron chi connectivity index (χ3n) is 2.95. The number of hydrogen-bond donors (Lipinski definition) is 1. The molecule has 2 nitrogen and oxygen atoms in total. The van der Waals surface area contributed by atoms with E-state index in [4.69, 9.17) is 0 Å². The first-order valence-electron chi connectivity index (χ1n) is 5.98. The van der Waals surface area contributed by atoms with Crippen LogP contribution in [0.1, 0.15) is 46.0 Å². The smallest absolute Gasteiger partial charge is 0.220 e. The van der Waals surface area contributed by atoms with Crippen molar-refractivity contribution in [3.8, 4) is 0 Å². The largest absolute Gasteiger partial charge is 0.355 e. The average molecular weight is 276 g/mol. The van der Waals surface area contributed by atoms with Crippen molar-refractivity contribution in [2.24, 2.45) is 11.8 Å². The van der Waals surface area contributed by atoms with Crippen molar-refractivity contribution in [2.75, 3.05) is 6.54 Å². The number of carbonyl (C=O) groups is 1. The summed E-state index contributed by atoms with van der Waals surface area (Å²) in [6, 6.07) is 0. The van der Waals surface area contributed by atoms with Gasteiger partial charge < -0.3 is 5.32 Å². The number of halogens is 1. The van der Waals surface area contributed by atoms with Crippen LogP contribution in [0.15, 0.2) is 0 Å². The van der Waals surface area contributed by atoms with Gasteiger partial charge in [0, 0.05) is 17.8 Å². The highest BCUT2D eigenvalue weighted by atomic mass is 79.9. The Morgan fingerprint density at radius 1 is 1.47 bits per heavy atom. The van der Waals surface area contributed by atoms with E-state index in [1.807, 2.05) is 0 Å². The topological polar surface area (TPSA) is 29.1 Å². The lowest BCUT2D eigenvalue weighted by Gasteiger charge is -2.24. The van der Waals surface area contributed by atoms with E-state index in [2.05, 4.69) is 35.1 Å². The van der Waals surface area contributed by atoms with Gasteiger partial charge in [0.05, 0.1) is 0 Å². The lowest BCUT2D eigenvalue weighted by Crippen LogP contribution is -2.32. The molecular weight excluding hydrogens is 254 g/mol. The highest BCUT2D eigenvalue weighted by molar-refractivity contribution is 9.09. The van der Waals surface area contributed by atoms with Crippen molar-refractivity contribution in [1.82, 2.24) is 5.32 Å². The van der Waals surface area contributed by atoms with E-state index < -0.39 is 0 Å². The molecule has 1 fully saturated rings. The van der Waals surface area contributed by atoms with Gasteiger partial charge in [0.25, 0.3) is 0 Å². The molecule has 0 aliphatic heterocycles. The van der Waals surface area contributed by atoms with E-state index in [-0.39, 0.29) is 5.91 Å². The molecular formula is C12H22BrNO. The van der Waals surface area contributed by atoms with Crippen molar-refractivity contribution in [1.29, 1.82) is 0 Å². The van der Waals surface area contributed by atoms with Crippen molar-refractivity contribution in [3.63, 3.8) is 0 Å². The second-order valence-corrected chi connectivity index (χ2v) is 6.33. The van der Waals surface area contributed by atoms with Crippen LogP contribution in [0, 0.1) is 11.8 Å². The second-order valence-electron chi connectivity index (χ2n) is 5.03. The number of rotatable bonds is 6. The van der Waals surface area contributed by atoms with Crippen LogP contribution in [-0.4, -0.2) is 17.3 Å². The molecule has 0 heterocycles. The van der Waals surface area contributed by atoms with Gasteiger partial charge >= 0.3 is 0 Å². The van der Waals surface area contributed by atoms with Gasteiger partial charge in [0.15, 0.2) is 0 Å². The quantitative estimate of drug-likeness (QED) is 0.742. The zero-order valence-corrected chi connectivity index (χ0v) is 11.3. The summed E-state index contributed by atoms with van der Waals surface area (Å²) in [5.74, 6) is 1.58. The zero-order chi connectivity index (χ0) is 11.3. The zero-order valence-electron chi connectivity index (χ0n) is 9.76. The molecule has 0 aromatic heterocycles. The summed E-state index contributed by atoms with van der Waals surface area (Å²) in [4.78, 5) is 11.9. The molecule has 0 radical (unpaired) electrons. The number of alkyl halides is 1. The van der Waals surface area contributed by atoms with Crippen LogP contribution in [0.5, 0.6) is 0 Å². The van der Waals surface area contributed by atoms with E-state index in [1.165, 1.54) is 19.3 Å². The van der Waals surface area contributed by atoms with E-state index in [9.17, 15) is 4.79 Å². The van der Waals surface area contributed by atoms with E-state index >= 15 is 0 Å². The van der Waals surface area contributed by atoms with Crippen molar-refractivity contribution in [2.45, 2.75) is 50.8 Å². The van der Waals surface area contributed by atoms with Crippen molar-refractivity contribution in [3.05, 3.63) is 0 Å². The van der Waals surface area contributed by atoms with Gasteiger partial charge in [-0.05, 0) is 31.1 Å². The fraction of sp³-hybridized carbons (Fsp3) is 0.917. The molecule has 3 heteroatoms. The summed E-state index contributed by atoms with van der Waals surface area (Å²) in [6.45, 7) is 5.17. The molecule has 0 aromatic carbocycles. The van der Waals surface area contributed by atoms with E-state index in [0.717, 1.165) is 19.4 Å². The van der Waals surface area contributed by atoms with Crippen LogP contribution in [0.3, 0.4) is 0 Å². The monoisotopic (exact) mass is 275 g/mol. The summed E-state index contributed by atoms with van der Waals surface area (Å²) in [5.41, 5.74) is 0. The molecule has 1 rings (SSSR count). The molecule has 1 aliphatic rings. The normalized spacial score (nSPS) is 18.7. The molecule has 0 saturated heterocycles. The molecule has 0 bridgehead atoms. The lowest BCUT2D eigenvalue weighted by molar-refractivity contribution is -0.122. The third kappa shape index (κ3) is 5.55. The minimum absolute atomic E-state index is 0.230. The molecule has 0 aromatic rings. The first-order chi connectivity index (χ1) is 7.08. The SMILES string of the molecule is CC(C)CC(Br)CNC(=O)CC1CCC1. The highest BCUT2D eigenvalue weighted by Crippen LogP contribution is 2.29. The number of hydrogen-bond acceptors (Lipinski definition) is 1. The van der Waals surface area contributed by atoms with Gasteiger partial charge in [0.2, 0.25) is 5.91 Å². The Morgan fingerprint density at radius 2 is 2.13 bits per heavy atom. The van der Waals surface area contributed by atoms with Crippen LogP contribution in [-0.2, 0) is 4.79 Å². The summed E-state index contributed by atoms with van der Waals surface area (Å²) >= 11 is 3.59. The Hall–Kier alpha value is -0.0500. The maximum Gasteiger partial charge on any atom is 0.220 e. The van der Waals surface area contributed by atoms with Gasteiger partial charge in [-0.25, -0.2) is 0 Å². The van der Waals surface area contributed by atoms with Gasteiger partial charge in [-0.15, -0.1) is 0 Å². The van der Waals surface area contributed by atoms with Crippen molar-refractivity contribution >= 4 is 21.8 Å². The highest BCUT2D eigenvalue weighted by Gasteiger charge is 2.20. The van der Waals surface area contributed by atoms with Gasteiger partial charge in [-0.3, -0.25) is 4.79 Å². The fourth-order valence-corrected chi connectivity index (χ4v) is 2.76. The van der Waals surface area contributed by atoms with Crippen molar-refractivity contribution < 1.29 is 4.79 Å². The molecule has 15 heavy (non-hydrogen) atoms. The molecule has 1 unspecified atom stereocenters. The van der Waals surface area contributed by atoms with Crippen LogP contribution < -0.4 is 5.32 Å². The Morgan fingerprint density at radius 3 is 2.60 bits per heavy atom. The van der Waals surface area contributed by atoms with Crippen LogP contribution in [0.4, 0.5) is 0 Å². The Bertz CT molecular complexity index is 202. The van der Waals surface area contributed by atoms with E-state index in [1.54, 1.807) is 0 Å². The molecule has 1 atom stereocenters. The maximum atomic E-state index is 11.5. The molecule has 1 amide bonds. The van der Waals surface area contributed by atoms with Crippen LogP contribution in [0.2, 0.25) is 0 Å². The summed E-state index contributed by atoms with van der Waals surface area (Å²) in [6.07, 6.45) is 5.66. The summed E-state index contributed by atoms with van der Waals surface area (Å²) < 4.78 is 0. The van der Waals surface area contributed by atoms with Crippen LogP contribution in [0.25, 0.3) is 0 Å². The fourth-order valence-electron chi connectivity index (χ4n) is 1.85. The van der Waals surface area contributed by atoms with E-state index in [0.29, 0.717) is 16.7 Å². The summed E-state index contributed by atoms with van der Waals surface area (Å²) in [7, 11) is 0. The first-order valence-corrected chi connectivity index (χ1v) is 6.90. The second kappa shape index (κ2) is 6.51. The summed E-state index contributed by atoms with van der Waals surface area (Å²) in [5, 5.41) is 3.00. The third-order valence-corrected chi connectivity index (χ3v) is 3.64. The Balaban J connectivity index is 2.04. The minimum Gasteiger partial charge on any atom is -0.355 e. The molecule has 0 spiro atoms. The molecule has 1 saturated carbocycles. The molecule has 1 N–H and O–H groups in total. The molecule has 88 valence electrons. The van der Waals surface area contributed by atoms with Crippen LogP contribution >= 0.6 is 15.9 Å². The maximum absolute atomic E-state index is 11.5. The number of nitrogens with one attached hydrogen (secondary N) is 1. The number of amides is 1. The predicted octanol–water partition coefficient (Wildman–Crippen LogP) is 3.10. The number of carbonyl (C=O) groups excluding carboxylic acids is 1. The average Bonchev–Trinajstić information content (AvgIpc) is 2.07. The standard InChI is InChI=1S/C12H22BrNO/c1-9(2)6-11(13)8-14-12(15)7-10-4-3-5-10/h9-11H,3-8H2,1-2H3,(H,14,15). The lowest BCUT2D eigenvalue weighted by atomic mass is 9.83. The predicted molar refractivity (Wildman–Crippen MR) is 67.1 cm³/mol. The minimum atomic E-state index is 0.230.